The van der Waals surface area contributed by atoms with Crippen molar-refractivity contribution in [2.45, 2.75) is 32.7 Å². The average molecular weight is 307 g/mol. The van der Waals surface area contributed by atoms with Crippen LogP contribution in [0.5, 0.6) is 0 Å². The molecule has 1 saturated heterocycles. The van der Waals surface area contributed by atoms with E-state index < -0.39 is 5.82 Å². The maximum atomic E-state index is 14.0. The summed E-state index contributed by atoms with van der Waals surface area (Å²) in [7, 11) is 0. The number of carbonyl (C=O) groups excluding carboxylic acids is 2. The molecule has 0 radical (unpaired) electrons. The molecule has 2 atom stereocenters. The Bertz CT molecular complexity index is 575. The average Bonchev–Trinajstić information content (AvgIpc) is 2.48. The lowest BCUT2D eigenvalue weighted by Gasteiger charge is -2.34. The van der Waals surface area contributed by atoms with E-state index in [0.29, 0.717) is 18.8 Å². The Labute approximate surface area is 129 Å². The number of hydrogen-bond donors (Lipinski definition) is 2. The minimum Gasteiger partial charge on any atom is -0.338 e. The normalized spacial score (nSPS) is 19.6. The van der Waals surface area contributed by atoms with Gasteiger partial charge in [0.1, 0.15) is 5.82 Å². The van der Waals surface area contributed by atoms with Gasteiger partial charge in [0, 0.05) is 31.7 Å². The molecule has 1 aliphatic rings. The van der Waals surface area contributed by atoms with Crippen molar-refractivity contribution in [1.29, 1.82) is 0 Å². The monoisotopic (exact) mass is 307 g/mol. The molecule has 2 rings (SSSR count). The molecule has 2 amide bonds. The van der Waals surface area contributed by atoms with E-state index in [4.69, 9.17) is 5.73 Å². The van der Waals surface area contributed by atoms with Gasteiger partial charge in [0.25, 0.3) is 5.91 Å². The number of nitrogens with two attached hydrogens (primary N) is 1. The highest BCUT2D eigenvalue weighted by molar-refractivity contribution is 5.97. The lowest BCUT2D eigenvalue weighted by molar-refractivity contribution is -0.114. The molecule has 1 heterocycles. The van der Waals surface area contributed by atoms with Gasteiger partial charge in [-0.25, -0.2) is 4.39 Å². The third-order valence-electron chi connectivity index (χ3n) is 4.01. The number of carbonyl (C=O) groups is 2. The maximum Gasteiger partial charge on any atom is 0.256 e. The third-order valence-corrected chi connectivity index (χ3v) is 4.01. The molecule has 1 aliphatic heterocycles. The molecule has 0 saturated carbocycles. The predicted molar refractivity (Wildman–Crippen MR) is 83.0 cm³/mol. The number of hydrogen-bond acceptors (Lipinski definition) is 3. The zero-order chi connectivity index (χ0) is 16.3. The lowest BCUT2D eigenvalue weighted by Crippen LogP contribution is -2.45. The zero-order valence-electron chi connectivity index (χ0n) is 12.9. The quantitative estimate of drug-likeness (QED) is 0.896. The van der Waals surface area contributed by atoms with Crippen molar-refractivity contribution in [2.24, 2.45) is 11.7 Å². The minimum atomic E-state index is -0.581. The molecule has 0 bridgehead atoms. The number of benzene rings is 1. The Balaban J connectivity index is 2.19. The van der Waals surface area contributed by atoms with E-state index in [0.717, 1.165) is 12.8 Å². The number of piperidine rings is 1. The number of nitrogens with zero attached hydrogens (tertiary/aromatic N) is 1. The molecule has 6 heteroatoms. The summed E-state index contributed by atoms with van der Waals surface area (Å²) < 4.78 is 14.0. The summed E-state index contributed by atoms with van der Waals surface area (Å²) in [6, 6.07) is 4.03. The summed E-state index contributed by atoms with van der Waals surface area (Å²) in [4.78, 5) is 25.3. The molecule has 120 valence electrons. The van der Waals surface area contributed by atoms with Crippen LogP contribution in [0, 0.1) is 11.7 Å². The highest BCUT2D eigenvalue weighted by Crippen LogP contribution is 2.23. The Kier molecular flexibility index (Phi) is 5.13. The molecule has 3 N–H and O–H groups in total. The number of halogens is 1. The molecule has 5 nitrogen and oxygen atoms in total. The number of anilines is 1. The van der Waals surface area contributed by atoms with E-state index >= 15 is 0 Å². The van der Waals surface area contributed by atoms with Crippen LogP contribution in [0.25, 0.3) is 0 Å². The van der Waals surface area contributed by atoms with Crippen molar-refractivity contribution in [3.05, 3.63) is 29.6 Å². The molecular formula is C16H22FN3O2. The Morgan fingerprint density at radius 1 is 1.45 bits per heavy atom. The largest absolute Gasteiger partial charge is 0.338 e. The van der Waals surface area contributed by atoms with Crippen molar-refractivity contribution >= 4 is 17.5 Å². The highest BCUT2D eigenvalue weighted by atomic mass is 19.1. The van der Waals surface area contributed by atoms with Gasteiger partial charge in [-0.3, -0.25) is 9.59 Å². The van der Waals surface area contributed by atoms with Crippen LogP contribution in [0.2, 0.25) is 0 Å². The summed E-state index contributed by atoms with van der Waals surface area (Å²) in [5.41, 5.74) is 6.32. The molecule has 0 aromatic heterocycles. The molecule has 1 fully saturated rings. The van der Waals surface area contributed by atoms with Crippen LogP contribution in [0.3, 0.4) is 0 Å². The standard InChI is InChI=1S/C16H22FN3O2/c1-10(18)12-4-3-7-20(9-12)16(22)14-8-13(19-11(2)21)5-6-15(14)17/h5-6,8,10,12H,3-4,7,9,18H2,1-2H3,(H,19,21). The lowest BCUT2D eigenvalue weighted by atomic mass is 9.92. The minimum absolute atomic E-state index is 0.00570. The number of rotatable bonds is 3. The molecule has 0 aliphatic carbocycles. The Morgan fingerprint density at radius 2 is 2.18 bits per heavy atom. The second kappa shape index (κ2) is 6.87. The fourth-order valence-corrected chi connectivity index (χ4v) is 2.76. The van der Waals surface area contributed by atoms with E-state index in [1.54, 1.807) is 4.90 Å². The summed E-state index contributed by atoms with van der Waals surface area (Å²) in [5.74, 6) is -0.962. The van der Waals surface area contributed by atoms with Crippen LogP contribution in [0.1, 0.15) is 37.0 Å². The van der Waals surface area contributed by atoms with Gasteiger partial charge in [-0.05, 0) is 43.9 Å². The van der Waals surface area contributed by atoms with Crippen LogP contribution in [-0.4, -0.2) is 35.8 Å². The summed E-state index contributed by atoms with van der Waals surface area (Å²) in [5, 5.41) is 2.56. The second-order valence-corrected chi connectivity index (χ2v) is 5.89. The number of likely N-dealkylation sites (tertiary alicyclic amines) is 1. The first-order valence-electron chi connectivity index (χ1n) is 7.50. The molecule has 2 unspecified atom stereocenters. The van der Waals surface area contributed by atoms with Gasteiger partial charge >= 0.3 is 0 Å². The fraction of sp³-hybridized carbons (Fsp3) is 0.500. The summed E-state index contributed by atoms with van der Waals surface area (Å²) in [6.07, 6.45) is 1.85. The van der Waals surface area contributed by atoms with Gasteiger partial charge in [0.2, 0.25) is 5.91 Å². The molecular weight excluding hydrogens is 285 g/mol. The zero-order valence-corrected chi connectivity index (χ0v) is 12.9. The van der Waals surface area contributed by atoms with Gasteiger partial charge in [-0.15, -0.1) is 0 Å². The highest BCUT2D eigenvalue weighted by Gasteiger charge is 2.27. The Morgan fingerprint density at radius 3 is 2.82 bits per heavy atom. The van der Waals surface area contributed by atoms with Gasteiger partial charge in [0.15, 0.2) is 0 Å². The first kappa shape index (κ1) is 16.4. The summed E-state index contributed by atoms with van der Waals surface area (Å²) in [6.45, 7) is 4.44. The summed E-state index contributed by atoms with van der Waals surface area (Å²) >= 11 is 0. The molecule has 22 heavy (non-hydrogen) atoms. The van der Waals surface area contributed by atoms with Crippen LogP contribution in [-0.2, 0) is 4.79 Å². The first-order chi connectivity index (χ1) is 10.4. The predicted octanol–water partition coefficient (Wildman–Crippen LogP) is 1.98. The number of nitrogens with one attached hydrogen (secondary N) is 1. The third kappa shape index (κ3) is 3.82. The van der Waals surface area contributed by atoms with E-state index in [-0.39, 0.29) is 29.3 Å². The van der Waals surface area contributed by atoms with E-state index in [1.807, 2.05) is 6.92 Å². The van der Waals surface area contributed by atoms with Crippen molar-refractivity contribution in [3.63, 3.8) is 0 Å². The smallest absolute Gasteiger partial charge is 0.256 e. The van der Waals surface area contributed by atoms with Gasteiger partial charge in [-0.1, -0.05) is 0 Å². The maximum absolute atomic E-state index is 14.0. The molecule has 1 aromatic carbocycles. The molecule has 0 spiro atoms. The molecule has 1 aromatic rings. The van der Waals surface area contributed by atoms with Crippen LogP contribution < -0.4 is 11.1 Å². The topological polar surface area (TPSA) is 75.4 Å². The SMILES string of the molecule is CC(=O)Nc1ccc(F)c(C(=O)N2CCCC(C(C)N)C2)c1. The van der Waals surface area contributed by atoms with Crippen molar-refractivity contribution < 1.29 is 14.0 Å². The fourth-order valence-electron chi connectivity index (χ4n) is 2.76. The van der Waals surface area contributed by atoms with Crippen LogP contribution in [0.15, 0.2) is 18.2 Å². The van der Waals surface area contributed by atoms with Crippen LogP contribution in [0.4, 0.5) is 10.1 Å². The van der Waals surface area contributed by atoms with Gasteiger partial charge in [-0.2, -0.15) is 0 Å². The second-order valence-electron chi connectivity index (χ2n) is 5.89. The van der Waals surface area contributed by atoms with E-state index in [9.17, 15) is 14.0 Å². The van der Waals surface area contributed by atoms with Crippen LogP contribution >= 0.6 is 0 Å². The Hall–Kier alpha value is -1.95. The van der Waals surface area contributed by atoms with Crippen molar-refractivity contribution in [2.75, 3.05) is 18.4 Å². The van der Waals surface area contributed by atoms with Gasteiger partial charge < -0.3 is 16.0 Å². The van der Waals surface area contributed by atoms with Gasteiger partial charge in [0.05, 0.1) is 5.56 Å². The van der Waals surface area contributed by atoms with Crippen molar-refractivity contribution in [1.82, 2.24) is 4.90 Å². The number of amides is 2. The van der Waals surface area contributed by atoms with E-state index in [2.05, 4.69) is 5.32 Å². The first-order valence-corrected chi connectivity index (χ1v) is 7.50. The van der Waals surface area contributed by atoms with E-state index in [1.165, 1.54) is 25.1 Å². The van der Waals surface area contributed by atoms with Crippen molar-refractivity contribution in [3.8, 4) is 0 Å².